The summed E-state index contributed by atoms with van der Waals surface area (Å²) in [5.74, 6) is -4.03. The van der Waals surface area contributed by atoms with Gasteiger partial charge < -0.3 is 10.8 Å². The van der Waals surface area contributed by atoms with E-state index in [-0.39, 0.29) is 31.7 Å². The number of hydrogen-bond acceptors (Lipinski definition) is 2. The van der Waals surface area contributed by atoms with Crippen molar-refractivity contribution in [2.45, 2.75) is 37.9 Å². The molecule has 3 N–H and O–H groups in total. The van der Waals surface area contributed by atoms with Crippen molar-refractivity contribution in [3.63, 3.8) is 0 Å². The Morgan fingerprint density at radius 3 is 2.38 bits per heavy atom. The highest BCUT2D eigenvalue weighted by Gasteiger charge is 2.54. The van der Waals surface area contributed by atoms with E-state index in [2.05, 4.69) is 0 Å². The Morgan fingerprint density at radius 1 is 1.50 bits per heavy atom. The predicted octanol–water partition coefficient (Wildman–Crippen LogP) is 2.19. The van der Waals surface area contributed by atoms with E-state index in [1.807, 2.05) is 0 Å². The number of hydrogen-bond donors (Lipinski definition) is 2. The fourth-order valence-electron chi connectivity index (χ4n) is 2.20. The minimum absolute atomic E-state index is 0. The molecule has 0 spiro atoms. The molecule has 0 aromatic carbocycles. The summed E-state index contributed by atoms with van der Waals surface area (Å²) < 4.78 is 37.6. The molecule has 0 aromatic rings. The van der Waals surface area contributed by atoms with Crippen LogP contribution >= 0.6 is 12.4 Å². The fraction of sp³-hybridized carbons (Fsp3) is 0.889. The Kier molecular flexibility index (Phi) is 4.64. The Labute approximate surface area is 97.6 Å². The molecule has 0 heterocycles. The monoisotopic (exact) mass is 261 g/mol. The minimum Gasteiger partial charge on any atom is -0.480 e. The third-order valence-electron chi connectivity index (χ3n) is 3.34. The number of aliphatic carboxylic acids is 1. The maximum atomic E-state index is 12.5. The van der Waals surface area contributed by atoms with Crippen LogP contribution in [0, 0.1) is 11.8 Å². The molecule has 1 aliphatic carbocycles. The Balaban J connectivity index is 0.00000225. The first-order valence-electron chi connectivity index (χ1n) is 4.78. The summed E-state index contributed by atoms with van der Waals surface area (Å²) >= 11 is 0. The predicted molar refractivity (Wildman–Crippen MR) is 54.4 cm³/mol. The van der Waals surface area contributed by atoms with Gasteiger partial charge >= 0.3 is 12.1 Å². The van der Waals surface area contributed by atoms with Gasteiger partial charge in [0.05, 0.1) is 5.92 Å². The maximum absolute atomic E-state index is 12.5. The standard InChI is InChI=1S/C9H14F3NO2.ClH/c1-5-6(9(10,11)12)3-2-4-8(5,13)7(14)15;/h5-6H,2-4,13H2,1H3,(H,14,15);1H. The molecule has 0 saturated heterocycles. The lowest BCUT2D eigenvalue weighted by molar-refractivity contribution is -0.204. The number of alkyl halides is 3. The van der Waals surface area contributed by atoms with Crippen molar-refractivity contribution >= 4 is 18.4 Å². The molecule has 7 heteroatoms. The van der Waals surface area contributed by atoms with E-state index in [4.69, 9.17) is 10.8 Å². The first kappa shape index (κ1) is 15.5. The molecule has 0 aliphatic heterocycles. The molecule has 16 heavy (non-hydrogen) atoms. The molecule has 0 amide bonds. The average Bonchev–Trinajstić information content (AvgIpc) is 2.07. The van der Waals surface area contributed by atoms with Crippen molar-refractivity contribution in [3.05, 3.63) is 0 Å². The molecule has 0 bridgehead atoms. The van der Waals surface area contributed by atoms with Crippen molar-refractivity contribution in [3.8, 4) is 0 Å². The van der Waals surface area contributed by atoms with Gasteiger partial charge in [-0.05, 0) is 18.8 Å². The zero-order valence-corrected chi connectivity index (χ0v) is 9.57. The average molecular weight is 262 g/mol. The third kappa shape index (κ3) is 2.60. The van der Waals surface area contributed by atoms with Crippen LogP contribution in [0.3, 0.4) is 0 Å². The Bertz CT molecular complexity index is 272. The van der Waals surface area contributed by atoms with Gasteiger partial charge in [0.15, 0.2) is 0 Å². The summed E-state index contributed by atoms with van der Waals surface area (Å²) in [6.07, 6.45) is -4.08. The van der Waals surface area contributed by atoms with Crippen molar-refractivity contribution in [1.82, 2.24) is 0 Å². The largest absolute Gasteiger partial charge is 0.480 e. The van der Waals surface area contributed by atoms with E-state index in [0.717, 1.165) is 0 Å². The molecule has 0 aromatic heterocycles. The molecule has 0 radical (unpaired) electrons. The van der Waals surface area contributed by atoms with E-state index in [1.165, 1.54) is 6.92 Å². The summed E-state index contributed by atoms with van der Waals surface area (Å²) in [4.78, 5) is 10.9. The topological polar surface area (TPSA) is 63.3 Å². The number of halogens is 4. The van der Waals surface area contributed by atoms with Crippen LogP contribution in [0.4, 0.5) is 13.2 Å². The van der Waals surface area contributed by atoms with Crippen LogP contribution in [0.2, 0.25) is 0 Å². The molecule has 3 unspecified atom stereocenters. The van der Waals surface area contributed by atoms with Crippen molar-refractivity contribution in [1.29, 1.82) is 0 Å². The summed E-state index contributed by atoms with van der Waals surface area (Å²) in [5, 5.41) is 8.86. The van der Waals surface area contributed by atoms with Gasteiger partial charge in [-0.1, -0.05) is 13.3 Å². The van der Waals surface area contributed by atoms with Gasteiger partial charge in [-0.2, -0.15) is 13.2 Å². The van der Waals surface area contributed by atoms with Crippen molar-refractivity contribution in [2.24, 2.45) is 17.6 Å². The second kappa shape index (κ2) is 4.79. The molecule has 1 aliphatic rings. The summed E-state index contributed by atoms with van der Waals surface area (Å²) in [7, 11) is 0. The Morgan fingerprint density at radius 2 is 2.00 bits per heavy atom. The molecule has 96 valence electrons. The minimum atomic E-state index is -4.36. The second-order valence-corrected chi connectivity index (χ2v) is 4.17. The number of carboxylic acids is 1. The van der Waals surface area contributed by atoms with Crippen LogP contribution in [0.25, 0.3) is 0 Å². The summed E-state index contributed by atoms with van der Waals surface area (Å²) in [6, 6.07) is 0. The van der Waals surface area contributed by atoms with Gasteiger partial charge in [-0.3, -0.25) is 4.79 Å². The van der Waals surface area contributed by atoms with Gasteiger partial charge in [-0.15, -0.1) is 12.4 Å². The van der Waals surface area contributed by atoms with Crippen LogP contribution in [0.15, 0.2) is 0 Å². The molecular formula is C9H15ClF3NO2. The number of nitrogens with two attached hydrogens (primary N) is 1. The number of carbonyl (C=O) groups is 1. The zero-order valence-electron chi connectivity index (χ0n) is 8.75. The van der Waals surface area contributed by atoms with Gasteiger partial charge in [0.1, 0.15) is 5.54 Å². The van der Waals surface area contributed by atoms with Crippen molar-refractivity contribution < 1.29 is 23.1 Å². The van der Waals surface area contributed by atoms with Crippen LogP contribution in [0.1, 0.15) is 26.2 Å². The highest BCUT2D eigenvalue weighted by molar-refractivity contribution is 5.85. The van der Waals surface area contributed by atoms with Crippen LogP contribution < -0.4 is 5.73 Å². The second-order valence-electron chi connectivity index (χ2n) is 4.17. The lowest BCUT2D eigenvalue weighted by Crippen LogP contribution is -2.59. The van der Waals surface area contributed by atoms with E-state index >= 15 is 0 Å². The Hall–Kier alpha value is -0.490. The lowest BCUT2D eigenvalue weighted by atomic mass is 9.68. The molecule has 1 fully saturated rings. The normalized spacial score (nSPS) is 35.3. The smallest absolute Gasteiger partial charge is 0.392 e. The van der Waals surface area contributed by atoms with Gasteiger partial charge in [0.2, 0.25) is 0 Å². The highest BCUT2D eigenvalue weighted by Crippen LogP contribution is 2.44. The number of rotatable bonds is 1. The van der Waals surface area contributed by atoms with Crippen LogP contribution in [-0.4, -0.2) is 22.8 Å². The van der Waals surface area contributed by atoms with E-state index in [1.54, 1.807) is 0 Å². The first-order chi connectivity index (χ1) is 6.69. The van der Waals surface area contributed by atoms with Crippen molar-refractivity contribution in [2.75, 3.05) is 0 Å². The molecule has 1 saturated carbocycles. The summed E-state index contributed by atoms with van der Waals surface area (Å²) in [5.41, 5.74) is 3.80. The first-order valence-corrected chi connectivity index (χ1v) is 4.78. The number of carboxylic acid groups (broad SMARTS) is 1. The molecular weight excluding hydrogens is 247 g/mol. The zero-order chi connectivity index (χ0) is 11.9. The maximum Gasteiger partial charge on any atom is 0.392 e. The molecule has 3 nitrogen and oxygen atoms in total. The fourth-order valence-corrected chi connectivity index (χ4v) is 2.20. The lowest BCUT2D eigenvalue weighted by Gasteiger charge is -2.41. The van der Waals surface area contributed by atoms with Crippen LogP contribution in [-0.2, 0) is 4.79 Å². The highest BCUT2D eigenvalue weighted by atomic mass is 35.5. The van der Waals surface area contributed by atoms with E-state index < -0.39 is 29.5 Å². The van der Waals surface area contributed by atoms with E-state index in [9.17, 15) is 18.0 Å². The van der Waals surface area contributed by atoms with E-state index in [0.29, 0.717) is 0 Å². The SMILES string of the molecule is CC1C(C(F)(F)F)CCCC1(N)C(=O)O.Cl. The quantitative estimate of drug-likeness (QED) is 0.760. The van der Waals surface area contributed by atoms with Gasteiger partial charge in [-0.25, -0.2) is 0 Å². The molecule has 1 rings (SSSR count). The van der Waals surface area contributed by atoms with Crippen LogP contribution in [0.5, 0.6) is 0 Å². The van der Waals surface area contributed by atoms with Gasteiger partial charge in [0.25, 0.3) is 0 Å². The molecule has 3 atom stereocenters. The van der Waals surface area contributed by atoms with Gasteiger partial charge in [0, 0.05) is 0 Å². The summed E-state index contributed by atoms with van der Waals surface area (Å²) in [6.45, 7) is 1.27. The third-order valence-corrected chi connectivity index (χ3v) is 3.34.